The lowest BCUT2D eigenvalue weighted by Gasteiger charge is -2.15. The minimum Gasteiger partial charge on any atom is -0.496 e. The van der Waals surface area contributed by atoms with Crippen LogP contribution in [0.4, 0.5) is 0 Å². The van der Waals surface area contributed by atoms with E-state index in [0.717, 1.165) is 36.4 Å². The van der Waals surface area contributed by atoms with Crippen LogP contribution in [0.15, 0.2) is 59.1 Å². The Balaban J connectivity index is 1.24. The lowest BCUT2D eigenvalue weighted by Crippen LogP contribution is -2.37. The van der Waals surface area contributed by atoms with Gasteiger partial charge in [0.1, 0.15) is 5.75 Å². The Bertz CT molecular complexity index is 973. The van der Waals surface area contributed by atoms with Crippen molar-refractivity contribution in [3.8, 4) is 17.2 Å². The molecule has 3 aromatic rings. The van der Waals surface area contributed by atoms with Crippen LogP contribution in [0, 0.1) is 0 Å². The van der Waals surface area contributed by atoms with E-state index in [1.165, 1.54) is 0 Å². The van der Waals surface area contributed by atoms with Crippen LogP contribution >= 0.6 is 0 Å². The third-order valence-corrected chi connectivity index (χ3v) is 5.31. The van der Waals surface area contributed by atoms with Crippen LogP contribution < -0.4 is 10.1 Å². The molecule has 1 fully saturated rings. The van der Waals surface area contributed by atoms with Crippen LogP contribution in [0.5, 0.6) is 5.75 Å². The van der Waals surface area contributed by atoms with Gasteiger partial charge in [-0.3, -0.25) is 9.69 Å². The maximum absolute atomic E-state index is 12.4. The summed E-state index contributed by atoms with van der Waals surface area (Å²) in [6.45, 7) is 2.30. The summed E-state index contributed by atoms with van der Waals surface area (Å²) in [5, 5.41) is 7.24. The fourth-order valence-electron chi connectivity index (χ4n) is 3.77. The Labute approximate surface area is 176 Å². The number of carbonyl (C=O) groups is 1. The number of amides is 1. The number of likely N-dealkylation sites (tertiary alicyclic amines) is 1. The van der Waals surface area contributed by atoms with Gasteiger partial charge in [-0.25, -0.2) is 0 Å². The third-order valence-electron chi connectivity index (χ3n) is 5.31. The highest BCUT2D eigenvalue weighted by molar-refractivity contribution is 5.76. The van der Waals surface area contributed by atoms with Gasteiger partial charge in [0.2, 0.25) is 5.91 Å². The van der Waals surface area contributed by atoms with E-state index >= 15 is 0 Å². The molecule has 1 N–H and O–H groups in total. The molecule has 0 aliphatic carbocycles. The van der Waals surface area contributed by atoms with Crippen molar-refractivity contribution >= 4 is 5.91 Å². The molecule has 0 saturated carbocycles. The van der Waals surface area contributed by atoms with E-state index in [4.69, 9.17) is 9.26 Å². The number of rotatable bonds is 8. The van der Waals surface area contributed by atoms with Gasteiger partial charge >= 0.3 is 0 Å². The van der Waals surface area contributed by atoms with Crippen LogP contribution in [0.2, 0.25) is 0 Å². The van der Waals surface area contributed by atoms with Gasteiger partial charge in [0.15, 0.2) is 5.82 Å². The molecular weight excluding hydrogens is 380 g/mol. The molecule has 30 heavy (non-hydrogen) atoms. The number of nitrogens with one attached hydrogen (secondary N) is 1. The lowest BCUT2D eigenvalue weighted by molar-refractivity contribution is -0.121. The molecule has 0 radical (unpaired) electrons. The number of nitrogens with zero attached hydrogens (tertiary/aromatic N) is 3. The van der Waals surface area contributed by atoms with E-state index in [1.54, 1.807) is 7.11 Å². The summed E-state index contributed by atoms with van der Waals surface area (Å²) in [7, 11) is 1.65. The lowest BCUT2D eigenvalue weighted by atomic mass is 10.1. The van der Waals surface area contributed by atoms with E-state index in [2.05, 4.69) is 20.4 Å². The molecule has 156 valence electrons. The zero-order valence-corrected chi connectivity index (χ0v) is 17.1. The molecule has 2 aromatic carbocycles. The van der Waals surface area contributed by atoms with Crippen LogP contribution in [-0.2, 0) is 17.8 Å². The van der Waals surface area contributed by atoms with Gasteiger partial charge < -0.3 is 14.6 Å². The molecule has 7 heteroatoms. The summed E-state index contributed by atoms with van der Waals surface area (Å²) in [4.78, 5) is 19.1. The molecule has 1 saturated heterocycles. The van der Waals surface area contributed by atoms with Crippen molar-refractivity contribution in [2.45, 2.75) is 31.8 Å². The number of aryl methyl sites for hydroxylation is 1. The van der Waals surface area contributed by atoms with Crippen LogP contribution in [0.25, 0.3) is 11.5 Å². The average molecular weight is 406 g/mol. The first kappa shape index (κ1) is 20.1. The topological polar surface area (TPSA) is 80.5 Å². The van der Waals surface area contributed by atoms with Gasteiger partial charge in [0.05, 0.1) is 13.7 Å². The quantitative estimate of drug-likeness (QED) is 0.619. The Morgan fingerprint density at radius 2 is 2.00 bits per heavy atom. The van der Waals surface area contributed by atoms with Gasteiger partial charge in [-0.1, -0.05) is 41.6 Å². The highest BCUT2D eigenvalue weighted by atomic mass is 16.5. The molecule has 0 bridgehead atoms. The maximum Gasteiger partial charge on any atom is 0.257 e. The van der Waals surface area contributed by atoms with Crippen molar-refractivity contribution < 1.29 is 14.1 Å². The monoisotopic (exact) mass is 406 g/mol. The van der Waals surface area contributed by atoms with Crippen molar-refractivity contribution in [2.24, 2.45) is 0 Å². The first-order chi connectivity index (χ1) is 14.7. The molecular formula is C23H26N4O3. The highest BCUT2D eigenvalue weighted by Crippen LogP contribution is 2.20. The molecule has 2 heterocycles. The molecule has 1 atom stereocenters. The summed E-state index contributed by atoms with van der Waals surface area (Å²) < 4.78 is 10.7. The number of hydrogen-bond acceptors (Lipinski definition) is 6. The van der Waals surface area contributed by atoms with Crippen molar-refractivity contribution in [1.29, 1.82) is 0 Å². The van der Waals surface area contributed by atoms with Crippen molar-refractivity contribution in [2.75, 3.05) is 20.2 Å². The van der Waals surface area contributed by atoms with Crippen LogP contribution in [-0.4, -0.2) is 47.2 Å². The van der Waals surface area contributed by atoms with Crippen LogP contribution in [0.1, 0.15) is 24.2 Å². The van der Waals surface area contributed by atoms with E-state index in [9.17, 15) is 4.79 Å². The van der Waals surface area contributed by atoms with Gasteiger partial charge in [0, 0.05) is 31.1 Å². The Morgan fingerprint density at radius 1 is 1.20 bits per heavy atom. The van der Waals surface area contributed by atoms with Gasteiger partial charge in [-0.05, 0) is 36.6 Å². The minimum atomic E-state index is 0.0682. The molecule has 7 nitrogen and oxygen atoms in total. The SMILES string of the molecule is COc1ccccc1CCC(=O)N[C@H]1CCN(Cc2noc(-c3ccccc3)n2)C1. The van der Waals surface area contributed by atoms with Crippen molar-refractivity contribution in [1.82, 2.24) is 20.4 Å². The summed E-state index contributed by atoms with van der Waals surface area (Å²) in [6, 6.07) is 17.7. The van der Waals surface area contributed by atoms with Crippen molar-refractivity contribution in [3.63, 3.8) is 0 Å². The van der Waals surface area contributed by atoms with E-state index in [-0.39, 0.29) is 11.9 Å². The summed E-state index contributed by atoms with van der Waals surface area (Å²) in [5.41, 5.74) is 1.97. The zero-order chi connectivity index (χ0) is 20.8. The number of para-hydroxylation sites is 1. The van der Waals surface area contributed by atoms with Gasteiger partial charge in [0.25, 0.3) is 5.89 Å². The minimum absolute atomic E-state index is 0.0682. The van der Waals surface area contributed by atoms with Gasteiger partial charge in [-0.15, -0.1) is 0 Å². The molecule has 1 aliphatic heterocycles. The second-order valence-electron chi connectivity index (χ2n) is 7.48. The zero-order valence-electron chi connectivity index (χ0n) is 17.1. The first-order valence-electron chi connectivity index (χ1n) is 10.2. The van der Waals surface area contributed by atoms with E-state index in [0.29, 0.717) is 31.1 Å². The predicted octanol–water partition coefficient (Wildman–Crippen LogP) is 3.07. The first-order valence-corrected chi connectivity index (χ1v) is 10.2. The van der Waals surface area contributed by atoms with Crippen LogP contribution in [0.3, 0.4) is 0 Å². The number of aromatic nitrogens is 2. The fourth-order valence-corrected chi connectivity index (χ4v) is 3.77. The number of hydrogen-bond donors (Lipinski definition) is 1. The molecule has 1 aliphatic rings. The molecule has 0 unspecified atom stereocenters. The second kappa shape index (κ2) is 9.54. The van der Waals surface area contributed by atoms with E-state index in [1.807, 2.05) is 54.6 Å². The number of benzene rings is 2. The van der Waals surface area contributed by atoms with E-state index < -0.39 is 0 Å². The summed E-state index contributed by atoms with van der Waals surface area (Å²) >= 11 is 0. The predicted molar refractivity (Wildman–Crippen MR) is 113 cm³/mol. The number of ether oxygens (including phenoxy) is 1. The Kier molecular flexibility index (Phi) is 6.39. The smallest absolute Gasteiger partial charge is 0.257 e. The second-order valence-corrected chi connectivity index (χ2v) is 7.48. The maximum atomic E-state index is 12.4. The van der Waals surface area contributed by atoms with Crippen molar-refractivity contribution in [3.05, 3.63) is 66.0 Å². The average Bonchev–Trinajstić information content (AvgIpc) is 3.43. The third kappa shape index (κ3) is 5.04. The Morgan fingerprint density at radius 3 is 2.83 bits per heavy atom. The number of methoxy groups -OCH3 is 1. The van der Waals surface area contributed by atoms with Gasteiger partial charge in [-0.2, -0.15) is 4.98 Å². The fraction of sp³-hybridized carbons (Fsp3) is 0.348. The summed E-state index contributed by atoms with van der Waals surface area (Å²) in [5.74, 6) is 2.09. The highest BCUT2D eigenvalue weighted by Gasteiger charge is 2.25. The summed E-state index contributed by atoms with van der Waals surface area (Å²) in [6.07, 6.45) is 2.03. The number of carbonyl (C=O) groups excluding carboxylic acids is 1. The normalized spacial score (nSPS) is 16.5. The molecule has 1 amide bonds. The molecule has 0 spiro atoms. The Hall–Kier alpha value is -3.19. The largest absolute Gasteiger partial charge is 0.496 e. The molecule has 4 rings (SSSR count). The molecule has 1 aromatic heterocycles. The standard InChI is InChI=1S/C23H26N4O3/c1-29-20-10-6-5-7-17(20)11-12-22(28)24-19-13-14-27(15-19)16-21-25-23(30-26-21)18-8-3-2-4-9-18/h2-10,19H,11-16H2,1H3,(H,24,28)/t19-/m0/s1.